The summed E-state index contributed by atoms with van der Waals surface area (Å²) in [6.45, 7) is -0.0490. The third-order valence-corrected chi connectivity index (χ3v) is 4.56. The summed E-state index contributed by atoms with van der Waals surface area (Å²) >= 11 is 6.32. The van der Waals surface area contributed by atoms with Crippen molar-refractivity contribution < 1.29 is 22.6 Å². The van der Waals surface area contributed by atoms with Crippen LogP contribution in [0.3, 0.4) is 0 Å². The molecule has 3 aromatic carbocycles. The van der Waals surface area contributed by atoms with E-state index in [1.807, 2.05) is 0 Å². The van der Waals surface area contributed by atoms with Crippen molar-refractivity contribution >= 4 is 33.3 Å². The molecule has 0 N–H and O–H groups in total. The summed E-state index contributed by atoms with van der Waals surface area (Å²) in [4.78, 5) is 6.81. The Bertz CT molecular complexity index is 1220. The Morgan fingerprint density at radius 3 is 2.68 bits per heavy atom. The Morgan fingerprint density at radius 2 is 1.89 bits per heavy atom. The molecule has 28 heavy (non-hydrogen) atoms. The van der Waals surface area contributed by atoms with Gasteiger partial charge in [0.25, 0.3) is 0 Å². The minimum Gasteiger partial charge on any atom is -0.468 e. The van der Waals surface area contributed by atoms with Crippen LogP contribution in [0.1, 0.15) is 0 Å². The Kier molecular flexibility index (Phi) is 4.78. The predicted octanol–water partition coefficient (Wildman–Crippen LogP) is 5.50. The van der Waals surface area contributed by atoms with Crippen LogP contribution in [0.2, 0.25) is 5.02 Å². The zero-order chi connectivity index (χ0) is 19.8. The number of benzene rings is 3. The maximum Gasteiger partial charge on any atom is 0.309 e. The van der Waals surface area contributed by atoms with Crippen molar-refractivity contribution in [1.29, 1.82) is 0 Å². The van der Waals surface area contributed by atoms with E-state index in [9.17, 15) is 8.78 Å². The largest absolute Gasteiger partial charge is 0.468 e. The van der Waals surface area contributed by atoms with Gasteiger partial charge in [0.15, 0.2) is 12.6 Å². The molecule has 0 unspecified atom stereocenters. The number of halogens is 4. The van der Waals surface area contributed by atoms with Gasteiger partial charge in [0.2, 0.25) is 0 Å². The first-order valence-electron chi connectivity index (χ1n) is 8.14. The molecule has 0 radical (unpaired) electrons. The maximum absolute atomic E-state index is 15.2. The predicted molar refractivity (Wildman–Crippen MR) is 99.9 cm³/mol. The van der Waals surface area contributed by atoms with Crippen LogP contribution in [0.25, 0.3) is 32.8 Å². The molecule has 4 aromatic rings. The van der Waals surface area contributed by atoms with Gasteiger partial charge in [0.1, 0.15) is 17.1 Å². The van der Waals surface area contributed by atoms with E-state index >= 15 is 4.39 Å². The fourth-order valence-electron chi connectivity index (χ4n) is 3.09. The second-order valence-electron chi connectivity index (χ2n) is 5.98. The number of nitrogens with zero attached hydrogens (tertiary/aromatic N) is 2. The van der Waals surface area contributed by atoms with Gasteiger partial charge >= 0.3 is 6.08 Å². The number of hydrogen-bond acceptors (Lipinski definition) is 4. The van der Waals surface area contributed by atoms with Crippen LogP contribution >= 0.6 is 11.6 Å². The summed E-state index contributed by atoms with van der Waals surface area (Å²) in [6, 6.07) is 9.26. The third kappa shape index (κ3) is 3.12. The van der Waals surface area contributed by atoms with E-state index in [1.54, 1.807) is 24.3 Å². The molecule has 0 amide bonds. The fraction of sp³-hybridized carbons (Fsp3) is 0.100. The molecule has 1 aromatic heterocycles. The second kappa shape index (κ2) is 7.26. The first-order chi connectivity index (χ1) is 13.5. The molecule has 0 aliphatic carbocycles. The molecule has 0 aliphatic rings. The smallest absolute Gasteiger partial charge is 0.309 e. The van der Waals surface area contributed by atoms with E-state index < -0.39 is 17.7 Å². The molecule has 0 saturated carbocycles. The first kappa shape index (κ1) is 18.5. The number of aromatic nitrogens is 2. The summed E-state index contributed by atoms with van der Waals surface area (Å²) in [6.07, 6.45) is -0.0828. The number of hydrogen-bond donors (Lipinski definition) is 0. The van der Waals surface area contributed by atoms with Crippen LogP contribution in [-0.4, -0.2) is 23.9 Å². The van der Waals surface area contributed by atoms with Gasteiger partial charge in [-0.25, -0.2) is 13.8 Å². The van der Waals surface area contributed by atoms with E-state index in [-0.39, 0.29) is 28.8 Å². The third-order valence-electron chi connectivity index (χ3n) is 4.25. The SMILES string of the molecule is COCOc1cc(-c2c(F)cc3cnc(F)nc3c2F)c2c(Cl)cccc2c1. The van der Waals surface area contributed by atoms with Gasteiger partial charge in [-0.1, -0.05) is 23.7 Å². The highest BCUT2D eigenvalue weighted by molar-refractivity contribution is 6.36. The number of fused-ring (bicyclic) bond motifs is 2. The minimum atomic E-state index is -1.11. The molecule has 0 bridgehead atoms. The summed E-state index contributed by atoms with van der Waals surface area (Å²) in [5.41, 5.74) is -0.552. The van der Waals surface area contributed by atoms with E-state index in [2.05, 4.69) is 9.97 Å². The van der Waals surface area contributed by atoms with Gasteiger partial charge < -0.3 is 9.47 Å². The molecule has 4 rings (SSSR count). The van der Waals surface area contributed by atoms with Crippen molar-refractivity contribution in [2.45, 2.75) is 0 Å². The number of ether oxygens (including phenoxy) is 2. The Labute approximate surface area is 162 Å². The normalized spacial score (nSPS) is 11.3. The van der Waals surface area contributed by atoms with Crippen molar-refractivity contribution in [3.63, 3.8) is 0 Å². The summed E-state index contributed by atoms with van der Waals surface area (Å²) < 4.78 is 53.9. The van der Waals surface area contributed by atoms with Gasteiger partial charge in [-0.05, 0) is 29.7 Å². The first-order valence-corrected chi connectivity index (χ1v) is 8.52. The van der Waals surface area contributed by atoms with Crippen molar-refractivity contribution in [3.05, 3.63) is 65.3 Å². The molecule has 8 heteroatoms. The lowest BCUT2D eigenvalue weighted by atomic mass is 9.96. The summed E-state index contributed by atoms with van der Waals surface area (Å²) in [5.74, 6) is -1.54. The number of methoxy groups -OCH3 is 1. The van der Waals surface area contributed by atoms with Crippen molar-refractivity contribution in [1.82, 2.24) is 9.97 Å². The molecular weight excluding hydrogens is 393 g/mol. The lowest BCUT2D eigenvalue weighted by Crippen LogP contribution is -2.01. The minimum absolute atomic E-state index is 0.0438. The molecule has 4 nitrogen and oxygen atoms in total. The van der Waals surface area contributed by atoms with Gasteiger partial charge in [-0.2, -0.15) is 9.37 Å². The molecule has 142 valence electrons. The van der Waals surface area contributed by atoms with Crippen LogP contribution in [0.4, 0.5) is 13.2 Å². The zero-order valence-corrected chi connectivity index (χ0v) is 15.2. The van der Waals surface area contributed by atoms with E-state index in [0.717, 1.165) is 12.3 Å². The Balaban J connectivity index is 2.08. The van der Waals surface area contributed by atoms with Crippen LogP contribution in [-0.2, 0) is 4.74 Å². The molecule has 0 spiro atoms. The van der Waals surface area contributed by atoms with Crippen LogP contribution < -0.4 is 4.74 Å². The zero-order valence-electron chi connectivity index (χ0n) is 14.5. The average Bonchev–Trinajstić information content (AvgIpc) is 2.67. The molecule has 0 aliphatic heterocycles. The average molecular weight is 405 g/mol. The topological polar surface area (TPSA) is 44.2 Å². The molecule has 0 saturated heterocycles. The highest BCUT2D eigenvalue weighted by Crippen LogP contribution is 2.40. The van der Waals surface area contributed by atoms with Crippen molar-refractivity contribution in [3.8, 4) is 16.9 Å². The molecule has 1 heterocycles. The standard InChI is InChI=1S/C20H12ClF3N2O2/c1-27-9-28-12-5-10-3-2-4-14(21)16(10)13(7-12)17-15(22)6-11-8-25-20(24)26-19(11)18(17)23/h2-8H,9H2,1H3. The van der Waals surface area contributed by atoms with Gasteiger partial charge in [-0.15, -0.1) is 0 Å². The Morgan fingerprint density at radius 1 is 1.07 bits per heavy atom. The lowest BCUT2D eigenvalue weighted by Gasteiger charge is -2.14. The van der Waals surface area contributed by atoms with Crippen LogP contribution in [0.5, 0.6) is 5.75 Å². The Hall–Kier alpha value is -2.90. The van der Waals surface area contributed by atoms with Gasteiger partial charge in [-0.3, -0.25) is 0 Å². The van der Waals surface area contributed by atoms with Gasteiger partial charge in [0, 0.05) is 34.7 Å². The van der Waals surface area contributed by atoms with Crippen LogP contribution in [0, 0.1) is 17.7 Å². The molecule has 0 atom stereocenters. The molecular formula is C20H12ClF3N2O2. The highest BCUT2D eigenvalue weighted by Gasteiger charge is 2.21. The van der Waals surface area contributed by atoms with E-state index in [1.165, 1.54) is 13.2 Å². The van der Waals surface area contributed by atoms with E-state index in [4.69, 9.17) is 21.1 Å². The molecule has 0 fully saturated rings. The lowest BCUT2D eigenvalue weighted by molar-refractivity contribution is 0.0512. The van der Waals surface area contributed by atoms with E-state index in [0.29, 0.717) is 21.5 Å². The quantitative estimate of drug-likeness (QED) is 0.332. The number of rotatable bonds is 4. The van der Waals surface area contributed by atoms with Crippen LogP contribution in [0.15, 0.2) is 42.6 Å². The summed E-state index contributed by atoms with van der Waals surface area (Å²) in [5, 5.41) is 1.39. The highest BCUT2D eigenvalue weighted by atomic mass is 35.5. The van der Waals surface area contributed by atoms with Gasteiger partial charge in [0.05, 0.1) is 5.56 Å². The van der Waals surface area contributed by atoms with Crippen molar-refractivity contribution in [2.24, 2.45) is 0 Å². The maximum atomic E-state index is 15.2. The monoisotopic (exact) mass is 404 g/mol. The summed E-state index contributed by atoms with van der Waals surface area (Å²) in [7, 11) is 1.45. The second-order valence-corrected chi connectivity index (χ2v) is 6.39. The van der Waals surface area contributed by atoms with Crippen molar-refractivity contribution in [2.75, 3.05) is 13.9 Å². The fourth-order valence-corrected chi connectivity index (χ4v) is 3.38.